The zero-order valence-electron chi connectivity index (χ0n) is 5.68. The van der Waals surface area contributed by atoms with E-state index in [-0.39, 0.29) is 0 Å². The topological polar surface area (TPSA) is 29.3 Å². The molecule has 0 amide bonds. The van der Waals surface area contributed by atoms with Gasteiger partial charge in [-0.25, -0.2) is 0 Å². The summed E-state index contributed by atoms with van der Waals surface area (Å²) in [5, 5.41) is 0. The Balaban J connectivity index is 2.30. The van der Waals surface area contributed by atoms with Crippen molar-refractivity contribution in [3.05, 3.63) is 0 Å². The van der Waals surface area contributed by atoms with Gasteiger partial charge in [0, 0.05) is 19.1 Å². The molecule has 1 rings (SSSR count). The Labute approximate surface area is 69.9 Å². The summed E-state index contributed by atoms with van der Waals surface area (Å²) >= 11 is 2.42. The van der Waals surface area contributed by atoms with Gasteiger partial charge in [-0.1, -0.05) is 22.6 Å². The van der Waals surface area contributed by atoms with Crippen molar-refractivity contribution in [2.24, 2.45) is 5.73 Å². The summed E-state index contributed by atoms with van der Waals surface area (Å²) in [5.41, 5.74) is 5.72. The first-order valence-corrected chi connectivity index (χ1v) is 4.58. The van der Waals surface area contributed by atoms with Crippen molar-refractivity contribution >= 4 is 22.6 Å². The van der Waals surface area contributed by atoms with Crippen LogP contribution in [0.15, 0.2) is 0 Å². The molecule has 1 saturated heterocycles. The number of hydrogen-bond donors (Lipinski definition) is 1. The van der Waals surface area contributed by atoms with Crippen LogP contribution in [-0.4, -0.2) is 28.1 Å². The molecule has 0 saturated carbocycles. The van der Waals surface area contributed by atoms with Gasteiger partial charge in [-0.3, -0.25) is 4.90 Å². The monoisotopic (exact) mass is 240 g/mol. The molecule has 1 fully saturated rings. The van der Waals surface area contributed by atoms with Gasteiger partial charge in [-0.05, 0) is 13.3 Å². The van der Waals surface area contributed by atoms with Gasteiger partial charge in [0.15, 0.2) is 0 Å². The molecule has 3 heteroatoms. The van der Waals surface area contributed by atoms with Gasteiger partial charge in [0.1, 0.15) is 0 Å². The van der Waals surface area contributed by atoms with Crippen molar-refractivity contribution in [3.8, 4) is 0 Å². The van der Waals surface area contributed by atoms with E-state index < -0.39 is 0 Å². The largest absolute Gasteiger partial charge is 0.326 e. The summed E-state index contributed by atoms with van der Waals surface area (Å²) in [7, 11) is 0. The first kappa shape index (κ1) is 7.75. The number of hydrogen-bond acceptors (Lipinski definition) is 2. The number of alkyl halides is 1. The van der Waals surface area contributed by atoms with E-state index >= 15 is 0 Å². The van der Waals surface area contributed by atoms with Crippen LogP contribution in [0, 0.1) is 0 Å². The molecule has 0 aromatic heterocycles. The van der Waals surface area contributed by atoms with E-state index in [1.54, 1.807) is 0 Å². The summed E-state index contributed by atoms with van der Waals surface area (Å²) in [5.74, 6) is 0. The molecule has 1 heterocycles. The molecule has 0 bridgehead atoms. The third-order valence-electron chi connectivity index (χ3n) is 1.76. The van der Waals surface area contributed by atoms with Crippen LogP contribution in [0.25, 0.3) is 0 Å². The maximum atomic E-state index is 5.72. The Bertz CT molecular complexity index is 95.1. The second-order valence-corrected chi connectivity index (χ2v) is 4.42. The lowest BCUT2D eigenvalue weighted by Crippen LogP contribution is -2.29. The van der Waals surface area contributed by atoms with Crippen LogP contribution in [0.5, 0.6) is 0 Å². The van der Waals surface area contributed by atoms with E-state index in [4.69, 9.17) is 5.73 Å². The normalized spacial score (nSPS) is 33.0. The van der Waals surface area contributed by atoms with E-state index in [0.717, 1.165) is 6.54 Å². The van der Waals surface area contributed by atoms with E-state index in [0.29, 0.717) is 10.1 Å². The fraction of sp³-hybridized carbons (Fsp3) is 1.00. The molecule has 1 aliphatic heterocycles. The standard InChI is InChI=1S/C6H13IN2/c1-5(7)9-3-2-6(8)4-9/h5-6H,2-4,8H2,1H3/t5?,6-/m0/s1. The molecule has 0 aliphatic carbocycles. The van der Waals surface area contributed by atoms with Crippen LogP contribution in [0.3, 0.4) is 0 Å². The van der Waals surface area contributed by atoms with Gasteiger partial charge in [0.25, 0.3) is 0 Å². The predicted octanol–water partition coefficient (Wildman–Crippen LogP) is 0.800. The highest BCUT2D eigenvalue weighted by Crippen LogP contribution is 2.14. The maximum absolute atomic E-state index is 5.72. The third kappa shape index (κ3) is 2.05. The van der Waals surface area contributed by atoms with Crippen LogP contribution in [0.1, 0.15) is 13.3 Å². The number of halogens is 1. The highest BCUT2D eigenvalue weighted by atomic mass is 127. The molecule has 9 heavy (non-hydrogen) atoms. The lowest BCUT2D eigenvalue weighted by Gasteiger charge is -2.17. The van der Waals surface area contributed by atoms with Gasteiger partial charge < -0.3 is 5.73 Å². The molecule has 0 spiro atoms. The van der Waals surface area contributed by atoms with E-state index in [1.165, 1.54) is 13.0 Å². The highest BCUT2D eigenvalue weighted by Gasteiger charge is 2.21. The summed E-state index contributed by atoms with van der Waals surface area (Å²) in [6.07, 6.45) is 1.17. The minimum absolute atomic E-state index is 0.433. The van der Waals surface area contributed by atoms with Crippen molar-refractivity contribution in [3.63, 3.8) is 0 Å². The van der Waals surface area contributed by atoms with E-state index in [2.05, 4.69) is 34.4 Å². The van der Waals surface area contributed by atoms with Gasteiger partial charge in [-0.2, -0.15) is 0 Å². The van der Waals surface area contributed by atoms with Gasteiger partial charge >= 0.3 is 0 Å². The molecule has 0 radical (unpaired) electrons. The fourth-order valence-corrected chi connectivity index (χ4v) is 1.64. The fourth-order valence-electron chi connectivity index (χ4n) is 1.14. The average molecular weight is 240 g/mol. The molecule has 2 nitrogen and oxygen atoms in total. The van der Waals surface area contributed by atoms with Gasteiger partial charge in [0.05, 0.1) is 4.05 Å². The summed E-state index contributed by atoms with van der Waals surface area (Å²) in [6.45, 7) is 4.48. The molecule has 2 N–H and O–H groups in total. The number of rotatable bonds is 1. The Morgan fingerprint density at radius 3 is 2.67 bits per heavy atom. The van der Waals surface area contributed by atoms with E-state index in [9.17, 15) is 0 Å². The van der Waals surface area contributed by atoms with Crippen molar-refractivity contribution in [1.29, 1.82) is 0 Å². The molecule has 0 aromatic carbocycles. The first-order chi connectivity index (χ1) is 4.20. The van der Waals surface area contributed by atoms with Crippen molar-refractivity contribution in [2.45, 2.75) is 23.4 Å². The molecule has 1 aliphatic rings. The minimum atomic E-state index is 0.433. The van der Waals surface area contributed by atoms with Crippen LogP contribution < -0.4 is 5.73 Å². The molecular weight excluding hydrogens is 227 g/mol. The van der Waals surface area contributed by atoms with Crippen LogP contribution in [0.2, 0.25) is 0 Å². The highest BCUT2D eigenvalue weighted by molar-refractivity contribution is 14.1. The Morgan fingerprint density at radius 1 is 1.78 bits per heavy atom. The Kier molecular flexibility index (Phi) is 2.73. The summed E-state index contributed by atoms with van der Waals surface area (Å²) in [4.78, 5) is 2.41. The lowest BCUT2D eigenvalue weighted by molar-refractivity contribution is 0.340. The van der Waals surface area contributed by atoms with Crippen molar-refractivity contribution in [1.82, 2.24) is 4.90 Å². The van der Waals surface area contributed by atoms with Gasteiger partial charge in [-0.15, -0.1) is 0 Å². The number of nitrogens with two attached hydrogens (primary N) is 1. The predicted molar refractivity (Wildman–Crippen MR) is 47.6 cm³/mol. The summed E-state index contributed by atoms with van der Waals surface area (Å²) < 4.78 is 0.649. The van der Waals surface area contributed by atoms with Crippen molar-refractivity contribution < 1.29 is 0 Å². The molecule has 0 aromatic rings. The molecule has 1 unspecified atom stereocenters. The quantitative estimate of drug-likeness (QED) is 0.417. The van der Waals surface area contributed by atoms with Crippen LogP contribution in [0.4, 0.5) is 0 Å². The van der Waals surface area contributed by atoms with E-state index in [1.807, 2.05) is 0 Å². The Morgan fingerprint density at radius 2 is 2.44 bits per heavy atom. The average Bonchev–Trinajstić information content (AvgIpc) is 2.14. The van der Waals surface area contributed by atoms with Crippen LogP contribution >= 0.6 is 22.6 Å². The van der Waals surface area contributed by atoms with Crippen LogP contribution in [-0.2, 0) is 0 Å². The molecule has 2 atom stereocenters. The second-order valence-electron chi connectivity index (χ2n) is 2.62. The zero-order chi connectivity index (χ0) is 6.85. The third-order valence-corrected chi connectivity index (χ3v) is 2.55. The lowest BCUT2D eigenvalue weighted by atomic mass is 10.3. The SMILES string of the molecule is CC(I)N1CC[C@H](N)C1. The Hall–Kier alpha value is 0.650. The number of nitrogens with zero attached hydrogens (tertiary/aromatic N) is 1. The smallest absolute Gasteiger partial charge is 0.0590 e. The van der Waals surface area contributed by atoms with Crippen molar-refractivity contribution in [2.75, 3.05) is 13.1 Å². The molecular formula is C6H13IN2. The molecule has 54 valence electrons. The second kappa shape index (κ2) is 3.16. The zero-order valence-corrected chi connectivity index (χ0v) is 7.84. The first-order valence-electron chi connectivity index (χ1n) is 3.34. The maximum Gasteiger partial charge on any atom is 0.0590 e. The van der Waals surface area contributed by atoms with Gasteiger partial charge in [0.2, 0.25) is 0 Å². The summed E-state index contributed by atoms with van der Waals surface area (Å²) in [6, 6.07) is 0.433. The minimum Gasteiger partial charge on any atom is -0.326 e. The number of likely N-dealkylation sites (tertiary alicyclic amines) is 1.